The molecule has 96 valence electrons. The predicted octanol–water partition coefficient (Wildman–Crippen LogP) is 2.60. The fourth-order valence-corrected chi connectivity index (χ4v) is 2.17. The Bertz CT molecular complexity index is 549. The summed E-state index contributed by atoms with van der Waals surface area (Å²) in [6.45, 7) is 2.70. The highest BCUT2D eigenvalue weighted by molar-refractivity contribution is 7.71. The van der Waals surface area contributed by atoms with Gasteiger partial charge < -0.3 is 4.74 Å². The van der Waals surface area contributed by atoms with Gasteiger partial charge in [0.15, 0.2) is 10.6 Å². The number of ether oxygens (including phenoxy) is 1. The maximum Gasteiger partial charge on any atom is 0.195 e. The van der Waals surface area contributed by atoms with Gasteiger partial charge in [-0.05, 0) is 30.8 Å². The quantitative estimate of drug-likeness (QED) is 0.843. The average Bonchev–Trinajstić information content (AvgIpc) is 2.79. The van der Waals surface area contributed by atoms with E-state index in [2.05, 4.69) is 22.1 Å². The van der Waals surface area contributed by atoms with Crippen LogP contribution >= 0.6 is 12.2 Å². The van der Waals surface area contributed by atoms with E-state index >= 15 is 0 Å². The topological polar surface area (TPSA) is 55.7 Å². The number of H-pyrrole nitrogens is 1. The van der Waals surface area contributed by atoms with E-state index in [1.54, 1.807) is 13.3 Å². The van der Waals surface area contributed by atoms with Crippen molar-refractivity contribution >= 4 is 12.2 Å². The van der Waals surface area contributed by atoms with Crippen LogP contribution in [0, 0.1) is 4.77 Å². The predicted molar refractivity (Wildman–Crippen MR) is 71.8 cm³/mol. The lowest BCUT2D eigenvalue weighted by Crippen LogP contribution is -2.15. The molecule has 18 heavy (non-hydrogen) atoms. The second kappa shape index (κ2) is 5.88. The van der Waals surface area contributed by atoms with Crippen LogP contribution in [0.25, 0.3) is 11.5 Å². The summed E-state index contributed by atoms with van der Waals surface area (Å²) in [4.78, 5) is 4.31. The third-order valence-electron chi connectivity index (χ3n) is 2.79. The van der Waals surface area contributed by atoms with Gasteiger partial charge in [-0.25, -0.2) is 0 Å². The van der Waals surface area contributed by atoms with Crippen LogP contribution in [0.4, 0.5) is 0 Å². The fourth-order valence-electron chi connectivity index (χ4n) is 1.89. The Kier molecular flexibility index (Phi) is 4.22. The van der Waals surface area contributed by atoms with Crippen LogP contribution in [0.5, 0.6) is 0 Å². The van der Waals surface area contributed by atoms with Gasteiger partial charge in [0.2, 0.25) is 0 Å². The number of hydrogen-bond donors (Lipinski definition) is 1. The molecule has 6 heteroatoms. The van der Waals surface area contributed by atoms with E-state index in [0.717, 1.165) is 17.9 Å². The molecule has 0 spiro atoms. The molecule has 2 rings (SSSR count). The van der Waals surface area contributed by atoms with Crippen LogP contribution in [0.1, 0.15) is 19.4 Å². The van der Waals surface area contributed by atoms with E-state index in [9.17, 15) is 0 Å². The zero-order chi connectivity index (χ0) is 13.0. The van der Waals surface area contributed by atoms with Crippen molar-refractivity contribution in [3.63, 3.8) is 0 Å². The van der Waals surface area contributed by atoms with E-state index < -0.39 is 0 Å². The first-order valence-corrected chi connectivity index (χ1v) is 6.26. The number of nitrogens with zero attached hydrogens (tertiary/aromatic N) is 3. The molecule has 0 aliphatic heterocycles. The van der Waals surface area contributed by atoms with Gasteiger partial charge in [0.05, 0.1) is 12.6 Å². The molecule has 1 atom stereocenters. The van der Waals surface area contributed by atoms with Crippen LogP contribution in [-0.2, 0) is 4.74 Å². The highest BCUT2D eigenvalue weighted by atomic mass is 32.1. The van der Waals surface area contributed by atoms with E-state index in [0.29, 0.717) is 11.4 Å². The van der Waals surface area contributed by atoms with Gasteiger partial charge in [0.25, 0.3) is 0 Å². The highest BCUT2D eigenvalue weighted by Crippen LogP contribution is 2.21. The van der Waals surface area contributed by atoms with Gasteiger partial charge in [-0.15, -0.1) is 0 Å². The van der Waals surface area contributed by atoms with Gasteiger partial charge in [-0.1, -0.05) is 13.0 Å². The first kappa shape index (κ1) is 12.9. The van der Waals surface area contributed by atoms with Crippen molar-refractivity contribution in [2.75, 3.05) is 13.7 Å². The largest absolute Gasteiger partial charge is 0.383 e. The van der Waals surface area contributed by atoms with E-state index in [-0.39, 0.29) is 6.04 Å². The third kappa shape index (κ3) is 2.49. The third-order valence-corrected chi connectivity index (χ3v) is 3.08. The van der Waals surface area contributed by atoms with Crippen molar-refractivity contribution in [1.29, 1.82) is 0 Å². The molecule has 0 amide bonds. The van der Waals surface area contributed by atoms with Crippen LogP contribution in [0.3, 0.4) is 0 Å². The second-order valence-corrected chi connectivity index (χ2v) is 4.34. The summed E-state index contributed by atoms with van der Waals surface area (Å²) >= 11 is 5.29. The van der Waals surface area contributed by atoms with E-state index in [1.807, 2.05) is 22.8 Å². The number of aromatic nitrogens is 4. The first-order valence-electron chi connectivity index (χ1n) is 5.85. The minimum absolute atomic E-state index is 0.165. The van der Waals surface area contributed by atoms with Crippen molar-refractivity contribution in [3.8, 4) is 11.5 Å². The Morgan fingerprint density at radius 3 is 2.94 bits per heavy atom. The zero-order valence-electron chi connectivity index (χ0n) is 10.5. The molecule has 0 aromatic carbocycles. The van der Waals surface area contributed by atoms with Crippen molar-refractivity contribution in [2.45, 2.75) is 19.4 Å². The lowest BCUT2D eigenvalue weighted by atomic mass is 10.2. The number of nitrogens with one attached hydrogen (secondary N) is 1. The maximum absolute atomic E-state index is 5.29. The zero-order valence-corrected chi connectivity index (χ0v) is 11.3. The summed E-state index contributed by atoms with van der Waals surface area (Å²) < 4.78 is 7.81. The highest BCUT2D eigenvalue weighted by Gasteiger charge is 2.17. The van der Waals surface area contributed by atoms with Gasteiger partial charge >= 0.3 is 0 Å². The molecule has 0 saturated heterocycles. The smallest absolute Gasteiger partial charge is 0.195 e. The Morgan fingerprint density at radius 2 is 2.33 bits per heavy atom. The van der Waals surface area contributed by atoms with Crippen molar-refractivity contribution in [2.24, 2.45) is 0 Å². The molecule has 0 aliphatic carbocycles. The minimum Gasteiger partial charge on any atom is -0.383 e. The van der Waals surface area contributed by atoms with Gasteiger partial charge in [0, 0.05) is 13.3 Å². The van der Waals surface area contributed by atoms with Crippen LogP contribution in [0.2, 0.25) is 0 Å². The summed E-state index contributed by atoms with van der Waals surface area (Å²) in [6.07, 6.45) is 2.66. The fraction of sp³-hybridized carbons (Fsp3) is 0.417. The number of aromatic amines is 1. The van der Waals surface area contributed by atoms with Crippen molar-refractivity contribution in [3.05, 3.63) is 29.2 Å². The molecule has 2 heterocycles. The molecule has 0 fully saturated rings. The Hall–Kier alpha value is -1.53. The number of hydrogen-bond acceptors (Lipinski definition) is 4. The molecule has 0 radical (unpaired) electrons. The normalized spacial score (nSPS) is 12.6. The minimum atomic E-state index is 0.165. The Labute approximate surface area is 111 Å². The van der Waals surface area contributed by atoms with Crippen molar-refractivity contribution < 1.29 is 4.74 Å². The molecular weight excluding hydrogens is 248 g/mol. The molecule has 0 bridgehead atoms. The van der Waals surface area contributed by atoms with Gasteiger partial charge in [-0.3, -0.25) is 14.6 Å². The molecule has 5 nitrogen and oxygen atoms in total. The van der Waals surface area contributed by atoms with Crippen LogP contribution in [0.15, 0.2) is 24.4 Å². The lowest BCUT2D eigenvalue weighted by Gasteiger charge is -2.17. The molecule has 0 saturated carbocycles. The summed E-state index contributed by atoms with van der Waals surface area (Å²) in [7, 11) is 1.69. The van der Waals surface area contributed by atoms with Crippen LogP contribution in [-0.4, -0.2) is 33.5 Å². The molecule has 2 aromatic heterocycles. The standard InChI is InChI=1S/C12H16N4OS/c1-3-9(8-17-2)16-11(14-15-12(16)18)10-6-4-5-7-13-10/h4-7,9H,3,8H2,1-2H3,(H,15,18). The summed E-state index contributed by atoms with van der Waals surface area (Å²) in [5.41, 5.74) is 0.805. The summed E-state index contributed by atoms with van der Waals surface area (Å²) in [5, 5.41) is 7.09. The average molecular weight is 264 g/mol. The van der Waals surface area contributed by atoms with E-state index in [4.69, 9.17) is 17.0 Å². The van der Waals surface area contributed by atoms with E-state index in [1.165, 1.54) is 0 Å². The molecule has 1 N–H and O–H groups in total. The molecular formula is C12H16N4OS. The number of methoxy groups -OCH3 is 1. The lowest BCUT2D eigenvalue weighted by molar-refractivity contribution is 0.153. The van der Waals surface area contributed by atoms with Crippen LogP contribution < -0.4 is 0 Å². The Balaban J connectivity index is 2.47. The molecule has 1 unspecified atom stereocenters. The molecule has 0 aliphatic rings. The summed E-state index contributed by atoms with van der Waals surface area (Å²) in [5.74, 6) is 0.754. The first-order chi connectivity index (χ1) is 8.77. The van der Waals surface area contributed by atoms with Gasteiger partial charge in [0.1, 0.15) is 5.69 Å². The molecule has 2 aromatic rings. The van der Waals surface area contributed by atoms with Crippen molar-refractivity contribution in [1.82, 2.24) is 19.7 Å². The summed E-state index contributed by atoms with van der Waals surface area (Å²) in [6, 6.07) is 5.89. The monoisotopic (exact) mass is 264 g/mol. The SMILES string of the molecule is CCC(COC)n1c(-c2ccccn2)n[nH]c1=S. The maximum atomic E-state index is 5.29. The number of pyridine rings is 1. The van der Waals surface area contributed by atoms with Gasteiger partial charge in [-0.2, -0.15) is 5.10 Å². The number of rotatable bonds is 5. The Morgan fingerprint density at radius 1 is 1.50 bits per heavy atom. The second-order valence-electron chi connectivity index (χ2n) is 3.95.